The highest BCUT2D eigenvalue weighted by atomic mass is 15.0. The maximum absolute atomic E-state index is 5.74. The molecule has 0 amide bonds. The maximum atomic E-state index is 5.74. The molecular formula is C12H19N3. The number of rotatable bonds is 2. The number of hydrogen-bond acceptors (Lipinski definition) is 3. The van der Waals surface area contributed by atoms with E-state index in [4.69, 9.17) is 5.73 Å². The topological polar surface area (TPSA) is 51.8 Å². The second-order valence-corrected chi connectivity index (χ2v) is 4.71. The Kier molecular flexibility index (Phi) is 2.89. The van der Waals surface area contributed by atoms with Crippen LogP contribution in [0.1, 0.15) is 62.8 Å². The van der Waals surface area contributed by atoms with Gasteiger partial charge in [-0.15, -0.1) is 0 Å². The van der Waals surface area contributed by atoms with E-state index < -0.39 is 0 Å². The van der Waals surface area contributed by atoms with E-state index in [2.05, 4.69) is 29.9 Å². The largest absolute Gasteiger partial charge is 0.368 e. The summed E-state index contributed by atoms with van der Waals surface area (Å²) < 4.78 is 0. The van der Waals surface area contributed by atoms with Crippen LogP contribution >= 0.6 is 0 Å². The Labute approximate surface area is 91.1 Å². The first-order valence-electron chi connectivity index (χ1n) is 5.81. The van der Waals surface area contributed by atoms with Crippen LogP contribution in [0, 0.1) is 0 Å². The smallest absolute Gasteiger partial charge is 0.220 e. The first-order valence-corrected chi connectivity index (χ1v) is 5.81. The summed E-state index contributed by atoms with van der Waals surface area (Å²) in [6.45, 7) is 4.28. The van der Waals surface area contributed by atoms with Crippen molar-refractivity contribution in [2.75, 3.05) is 5.73 Å². The molecule has 0 aromatic carbocycles. The third-order valence-corrected chi connectivity index (χ3v) is 3.15. The first-order chi connectivity index (χ1) is 7.16. The average Bonchev–Trinajstić information content (AvgIpc) is 2.69. The maximum Gasteiger partial charge on any atom is 0.220 e. The molecule has 1 aromatic heterocycles. The average molecular weight is 205 g/mol. The molecule has 1 aromatic rings. The fourth-order valence-electron chi connectivity index (χ4n) is 2.23. The molecule has 82 valence electrons. The fraction of sp³-hybridized carbons (Fsp3) is 0.667. The van der Waals surface area contributed by atoms with Crippen LogP contribution < -0.4 is 5.73 Å². The van der Waals surface area contributed by atoms with Crippen LogP contribution in [0.2, 0.25) is 0 Å². The molecule has 0 saturated heterocycles. The van der Waals surface area contributed by atoms with E-state index in [0.717, 1.165) is 11.4 Å². The first kappa shape index (κ1) is 10.4. The standard InChI is InChI=1S/C12H19N3/c1-8(2)10-7-11(15-12(13)14-10)9-5-3-4-6-9/h7-9H,3-6H2,1-2H3,(H2,13,14,15). The molecule has 2 N–H and O–H groups in total. The van der Waals surface area contributed by atoms with Gasteiger partial charge in [-0.25, -0.2) is 9.97 Å². The minimum Gasteiger partial charge on any atom is -0.368 e. The highest BCUT2D eigenvalue weighted by Gasteiger charge is 2.19. The second kappa shape index (κ2) is 4.17. The zero-order valence-corrected chi connectivity index (χ0v) is 9.53. The summed E-state index contributed by atoms with van der Waals surface area (Å²) in [6.07, 6.45) is 5.17. The Bertz CT molecular complexity index is 341. The van der Waals surface area contributed by atoms with Crippen LogP contribution in [-0.2, 0) is 0 Å². The molecule has 1 saturated carbocycles. The minimum atomic E-state index is 0.426. The van der Waals surface area contributed by atoms with Gasteiger partial charge in [0.2, 0.25) is 5.95 Å². The Balaban J connectivity index is 2.30. The summed E-state index contributed by atoms with van der Waals surface area (Å²) in [5.74, 6) is 1.48. The molecule has 0 atom stereocenters. The summed E-state index contributed by atoms with van der Waals surface area (Å²) in [6, 6.07) is 2.14. The Hall–Kier alpha value is -1.12. The molecule has 3 nitrogen and oxygen atoms in total. The van der Waals surface area contributed by atoms with Crippen LogP contribution in [0.25, 0.3) is 0 Å². The molecule has 1 aliphatic carbocycles. The van der Waals surface area contributed by atoms with Crippen LogP contribution in [0.5, 0.6) is 0 Å². The monoisotopic (exact) mass is 205 g/mol. The zero-order chi connectivity index (χ0) is 10.8. The van der Waals surface area contributed by atoms with Gasteiger partial charge in [0, 0.05) is 17.3 Å². The van der Waals surface area contributed by atoms with Gasteiger partial charge in [0.25, 0.3) is 0 Å². The Morgan fingerprint density at radius 2 is 1.93 bits per heavy atom. The molecule has 1 heterocycles. The molecular weight excluding hydrogens is 186 g/mol. The van der Waals surface area contributed by atoms with Gasteiger partial charge in [-0.2, -0.15) is 0 Å². The molecule has 0 unspecified atom stereocenters. The van der Waals surface area contributed by atoms with Crippen molar-refractivity contribution in [3.8, 4) is 0 Å². The van der Waals surface area contributed by atoms with Crippen LogP contribution in [-0.4, -0.2) is 9.97 Å². The summed E-state index contributed by atoms with van der Waals surface area (Å²) in [5, 5.41) is 0. The molecule has 0 aliphatic heterocycles. The van der Waals surface area contributed by atoms with Gasteiger partial charge in [-0.05, 0) is 24.8 Å². The Morgan fingerprint density at radius 3 is 2.53 bits per heavy atom. The van der Waals surface area contributed by atoms with E-state index in [1.54, 1.807) is 0 Å². The molecule has 0 spiro atoms. The zero-order valence-electron chi connectivity index (χ0n) is 9.53. The molecule has 15 heavy (non-hydrogen) atoms. The normalized spacial score (nSPS) is 17.5. The number of hydrogen-bond donors (Lipinski definition) is 1. The molecule has 1 fully saturated rings. The summed E-state index contributed by atoms with van der Waals surface area (Å²) >= 11 is 0. The minimum absolute atomic E-state index is 0.426. The lowest BCUT2D eigenvalue weighted by Crippen LogP contribution is -2.06. The van der Waals surface area contributed by atoms with Gasteiger partial charge in [-0.3, -0.25) is 0 Å². The van der Waals surface area contributed by atoms with Crippen molar-refractivity contribution in [2.45, 2.75) is 51.4 Å². The van der Waals surface area contributed by atoms with E-state index in [-0.39, 0.29) is 0 Å². The number of nitrogen functional groups attached to an aromatic ring is 1. The fourth-order valence-corrected chi connectivity index (χ4v) is 2.23. The molecule has 2 rings (SSSR count). The third kappa shape index (κ3) is 2.28. The number of aromatic nitrogens is 2. The predicted molar refractivity (Wildman–Crippen MR) is 61.7 cm³/mol. The van der Waals surface area contributed by atoms with E-state index in [0.29, 0.717) is 17.8 Å². The summed E-state index contributed by atoms with van der Waals surface area (Å²) in [4.78, 5) is 8.64. The number of anilines is 1. The van der Waals surface area contributed by atoms with Crippen molar-refractivity contribution in [3.05, 3.63) is 17.5 Å². The lowest BCUT2D eigenvalue weighted by atomic mass is 10.0. The van der Waals surface area contributed by atoms with Gasteiger partial charge in [-0.1, -0.05) is 26.7 Å². The van der Waals surface area contributed by atoms with E-state index >= 15 is 0 Å². The van der Waals surface area contributed by atoms with Gasteiger partial charge in [0.1, 0.15) is 0 Å². The van der Waals surface area contributed by atoms with Crippen LogP contribution in [0.4, 0.5) is 5.95 Å². The quantitative estimate of drug-likeness (QED) is 0.807. The lowest BCUT2D eigenvalue weighted by Gasteiger charge is -2.12. The molecule has 1 aliphatic rings. The van der Waals surface area contributed by atoms with Crippen molar-refractivity contribution >= 4 is 5.95 Å². The number of nitrogens with zero attached hydrogens (tertiary/aromatic N) is 2. The van der Waals surface area contributed by atoms with Gasteiger partial charge >= 0.3 is 0 Å². The van der Waals surface area contributed by atoms with Gasteiger partial charge in [0.05, 0.1) is 0 Å². The predicted octanol–water partition coefficient (Wildman–Crippen LogP) is 2.84. The second-order valence-electron chi connectivity index (χ2n) is 4.71. The van der Waals surface area contributed by atoms with Crippen molar-refractivity contribution in [2.24, 2.45) is 0 Å². The van der Waals surface area contributed by atoms with Crippen molar-refractivity contribution in [1.29, 1.82) is 0 Å². The number of nitrogens with two attached hydrogens (primary N) is 1. The van der Waals surface area contributed by atoms with Gasteiger partial charge < -0.3 is 5.73 Å². The van der Waals surface area contributed by atoms with Crippen LogP contribution in [0.3, 0.4) is 0 Å². The molecule has 0 radical (unpaired) electrons. The highest BCUT2D eigenvalue weighted by Crippen LogP contribution is 2.33. The van der Waals surface area contributed by atoms with Crippen LogP contribution in [0.15, 0.2) is 6.07 Å². The third-order valence-electron chi connectivity index (χ3n) is 3.15. The van der Waals surface area contributed by atoms with Gasteiger partial charge in [0.15, 0.2) is 0 Å². The molecule has 0 bridgehead atoms. The van der Waals surface area contributed by atoms with Crippen molar-refractivity contribution in [1.82, 2.24) is 9.97 Å². The highest BCUT2D eigenvalue weighted by molar-refractivity contribution is 5.26. The van der Waals surface area contributed by atoms with Crippen molar-refractivity contribution in [3.63, 3.8) is 0 Å². The van der Waals surface area contributed by atoms with E-state index in [1.165, 1.54) is 25.7 Å². The summed E-state index contributed by atoms with van der Waals surface area (Å²) in [5.41, 5.74) is 7.97. The SMILES string of the molecule is CC(C)c1cc(C2CCCC2)nc(N)n1. The van der Waals surface area contributed by atoms with E-state index in [1.807, 2.05) is 0 Å². The molecule has 3 heteroatoms. The van der Waals surface area contributed by atoms with E-state index in [9.17, 15) is 0 Å². The van der Waals surface area contributed by atoms with Crippen molar-refractivity contribution < 1.29 is 0 Å². The Morgan fingerprint density at radius 1 is 1.27 bits per heavy atom. The summed E-state index contributed by atoms with van der Waals surface area (Å²) in [7, 11) is 0. The lowest BCUT2D eigenvalue weighted by molar-refractivity contribution is 0.686.